The van der Waals surface area contributed by atoms with Gasteiger partial charge in [-0.15, -0.1) is 0 Å². The lowest BCUT2D eigenvalue weighted by Crippen LogP contribution is -2.39. The topological polar surface area (TPSA) is 69.6 Å². The lowest BCUT2D eigenvalue weighted by Gasteiger charge is -2.25. The molecule has 0 saturated heterocycles. The Morgan fingerprint density at radius 2 is 2.00 bits per heavy atom. The average molecular weight is 310 g/mol. The van der Waals surface area contributed by atoms with Gasteiger partial charge in [-0.3, -0.25) is 0 Å². The molecule has 0 aliphatic heterocycles. The van der Waals surface area contributed by atoms with E-state index in [4.69, 9.17) is 0 Å². The molecule has 1 atom stereocenters. The van der Waals surface area contributed by atoms with Gasteiger partial charge in [-0.1, -0.05) is 0 Å². The molecule has 6 heteroatoms. The van der Waals surface area contributed by atoms with Crippen molar-refractivity contribution in [2.24, 2.45) is 0 Å². The summed E-state index contributed by atoms with van der Waals surface area (Å²) in [6.45, 7) is 5.56. The number of nitrogens with one attached hydrogen (secondary N) is 1. The molecule has 1 aromatic carbocycles. The Bertz CT molecular complexity index is 546. The first kappa shape index (κ1) is 17.4. The molecule has 1 unspecified atom stereocenters. The van der Waals surface area contributed by atoms with Gasteiger partial charge in [0.1, 0.15) is 0 Å². The Labute approximate surface area is 129 Å². The number of hydrogen-bond donors (Lipinski definition) is 2. The number of aryl methyl sites for hydroxylation is 1. The first-order chi connectivity index (χ1) is 9.77. The zero-order chi connectivity index (χ0) is 16.2. The number of carboxylic acids is 1. The van der Waals surface area contributed by atoms with Crippen LogP contribution in [0.15, 0.2) is 12.1 Å². The minimum Gasteiger partial charge on any atom is -0.478 e. The summed E-state index contributed by atoms with van der Waals surface area (Å²) in [5, 5.41) is 11.9. The van der Waals surface area contributed by atoms with Crippen LogP contribution in [0.4, 0.5) is 10.5 Å². The van der Waals surface area contributed by atoms with Gasteiger partial charge in [0.25, 0.3) is 0 Å². The van der Waals surface area contributed by atoms with Crippen LogP contribution in [0, 0.1) is 13.8 Å². The van der Waals surface area contributed by atoms with E-state index in [0.717, 1.165) is 11.3 Å². The number of carbonyl (C=O) groups is 2. The molecule has 2 amide bonds. The second kappa shape index (κ2) is 7.36. The molecule has 1 aromatic rings. The van der Waals surface area contributed by atoms with Crippen molar-refractivity contribution >= 4 is 29.4 Å². The predicted molar refractivity (Wildman–Crippen MR) is 87.5 cm³/mol. The van der Waals surface area contributed by atoms with E-state index in [9.17, 15) is 14.7 Å². The summed E-state index contributed by atoms with van der Waals surface area (Å²) in [5.41, 5.74) is 2.27. The molecule has 0 spiro atoms. The first-order valence-corrected chi connectivity index (χ1v) is 8.04. The van der Waals surface area contributed by atoms with Gasteiger partial charge in [0.05, 0.1) is 5.56 Å². The molecule has 0 heterocycles. The van der Waals surface area contributed by atoms with E-state index in [1.807, 2.05) is 20.1 Å². The lowest BCUT2D eigenvalue weighted by atomic mass is 10.0. The second-order valence-corrected chi connectivity index (χ2v) is 6.03. The standard InChI is InChI=1S/C15H22N2O3S/c1-9-6-12(7-13(11(9)3)14(18)19)16-15(20)17(4)10(2)8-21-5/h6-7,10H,8H2,1-5H3,(H,16,20)(H,18,19). The summed E-state index contributed by atoms with van der Waals surface area (Å²) in [5.74, 6) is -0.146. The van der Waals surface area contributed by atoms with E-state index in [0.29, 0.717) is 11.3 Å². The van der Waals surface area contributed by atoms with Gasteiger partial charge in [0, 0.05) is 24.5 Å². The maximum absolute atomic E-state index is 12.2. The van der Waals surface area contributed by atoms with Crippen LogP contribution in [0.2, 0.25) is 0 Å². The van der Waals surface area contributed by atoms with E-state index in [2.05, 4.69) is 5.32 Å². The molecule has 0 aromatic heterocycles. The van der Waals surface area contributed by atoms with E-state index < -0.39 is 5.97 Å². The number of benzene rings is 1. The van der Waals surface area contributed by atoms with Gasteiger partial charge in [0.15, 0.2) is 0 Å². The van der Waals surface area contributed by atoms with Crippen LogP contribution < -0.4 is 5.32 Å². The molecule has 0 saturated carbocycles. The minimum absolute atomic E-state index is 0.102. The molecule has 0 radical (unpaired) electrons. The van der Waals surface area contributed by atoms with Crippen molar-refractivity contribution in [1.29, 1.82) is 0 Å². The normalized spacial score (nSPS) is 11.9. The van der Waals surface area contributed by atoms with Crippen LogP contribution in [0.1, 0.15) is 28.4 Å². The summed E-state index contributed by atoms with van der Waals surface area (Å²) < 4.78 is 0. The SMILES string of the molecule is CSCC(C)N(C)C(=O)Nc1cc(C)c(C)c(C(=O)O)c1. The summed E-state index contributed by atoms with van der Waals surface area (Å²) in [6, 6.07) is 3.14. The monoisotopic (exact) mass is 310 g/mol. The second-order valence-electron chi connectivity index (χ2n) is 5.12. The van der Waals surface area contributed by atoms with Crippen molar-refractivity contribution in [3.05, 3.63) is 28.8 Å². The van der Waals surface area contributed by atoms with Crippen molar-refractivity contribution in [3.8, 4) is 0 Å². The summed E-state index contributed by atoms with van der Waals surface area (Å²) in [7, 11) is 1.73. The van der Waals surface area contributed by atoms with Crippen LogP contribution >= 0.6 is 11.8 Å². The number of carboxylic acid groups (broad SMARTS) is 1. The number of amides is 2. The Hall–Kier alpha value is -1.69. The third-order valence-corrected chi connectivity index (χ3v) is 4.35. The van der Waals surface area contributed by atoms with Gasteiger partial charge in [-0.25, -0.2) is 9.59 Å². The van der Waals surface area contributed by atoms with Gasteiger partial charge in [-0.05, 0) is 50.3 Å². The van der Waals surface area contributed by atoms with Crippen LogP contribution in [-0.2, 0) is 0 Å². The maximum atomic E-state index is 12.2. The van der Waals surface area contributed by atoms with Crippen LogP contribution in [0.5, 0.6) is 0 Å². The third-order valence-electron chi connectivity index (χ3n) is 3.54. The predicted octanol–water partition coefficient (Wildman–Crippen LogP) is 3.22. The van der Waals surface area contributed by atoms with Crippen molar-refractivity contribution in [1.82, 2.24) is 4.90 Å². The van der Waals surface area contributed by atoms with Gasteiger partial charge >= 0.3 is 12.0 Å². The molecule has 0 aliphatic rings. The van der Waals surface area contributed by atoms with Crippen LogP contribution in [-0.4, -0.2) is 47.1 Å². The lowest BCUT2D eigenvalue weighted by molar-refractivity contribution is 0.0696. The number of carbonyl (C=O) groups excluding carboxylic acids is 1. The number of urea groups is 1. The average Bonchev–Trinajstić information content (AvgIpc) is 2.41. The third kappa shape index (κ3) is 4.39. The molecule has 0 aliphatic carbocycles. The molecular weight excluding hydrogens is 288 g/mol. The number of anilines is 1. The summed E-state index contributed by atoms with van der Waals surface area (Å²) in [6.07, 6.45) is 1.99. The quantitative estimate of drug-likeness (QED) is 0.876. The largest absolute Gasteiger partial charge is 0.478 e. The fourth-order valence-corrected chi connectivity index (χ4v) is 2.62. The summed E-state index contributed by atoms with van der Waals surface area (Å²) in [4.78, 5) is 25.0. The first-order valence-electron chi connectivity index (χ1n) is 6.65. The minimum atomic E-state index is -0.990. The number of hydrogen-bond acceptors (Lipinski definition) is 3. The van der Waals surface area contributed by atoms with Crippen molar-refractivity contribution in [2.75, 3.05) is 24.4 Å². The molecule has 116 valence electrons. The van der Waals surface area contributed by atoms with E-state index in [1.54, 1.807) is 36.7 Å². The summed E-state index contributed by atoms with van der Waals surface area (Å²) >= 11 is 1.67. The molecule has 5 nitrogen and oxygen atoms in total. The van der Waals surface area contributed by atoms with Crippen molar-refractivity contribution in [2.45, 2.75) is 26.8 Å². The smallest absolute Gasteiger partial charge is 0.336 e. The highest BCUT2D eigenvalue weighted by atomic mass is 32.2. The van der Waals surface area contributed by atoms with E-state index >= 15 is 0 Å². The van der Waals surface area contributed by atoms with Crippen LogP contribution in [0.3, 0.4) is 0 Å². The molecular formula is C15H22N2O3S. The molecule has 2 N–H and O–H groups in total. The highest BCUT2D eigenvalue weighted by Gasteiger charge is 2.17. The van der Waals surface area contributed by atoms with Gasteiger partial charge in [0.2, 0.25) is 0 Å². The molecule has 0 fully saturated rings. The number of thioether (sulfide) groups is 1. The van der Waals surface area contributed by atoms with Crippen molar-refractivity contribution < 1.29 is 14.7 Å². The highest BCUT2D eigenvalue weighted by molar-refractivity contribution is 7.98. The Morgan fingerprint density at radius 1 is 1.38 bits per heavy atom. The van der Waals surface area contributed by atoms with Crippen LogP contribution in [0.25, 0.3) is 0 Å². The number of rotatable bonds is 5. The van der Waals surface area contributed by atoms with Gasteiger partial charge < -0.3 is 15.3 Å². The number of nitrogens with zero attached hydrogens (tertiary/aromatic N) is 1. The van der Waals surface area contributed by atoms with Gasteiger partial charge in [-0.2, -0.15) is 11.8 Å². The molecule has 21 heavy (non-hydrogen) atoms. The molecule has 0 bridgehead atoms. The van der Waals surface area contributed by atoms with Crippen molar-refractivity contribution in [3.63, 3.8) is 0 Å². The highest BCUT2D eigenvalue weighted by Crippen LogP contribution is 2.20. The zero-order valence-electron chi connectivity index (χ0n) is 13.1. The molecule has 1 rings (SSSR count). The number of aromatic carboxylic acids is 1. The van der Waals surface area contributed by atoms with E-state index in [1.165, 1.54) is 6.07 Å². The Balaban J connectivity index is 2.93. The fraction of sp³-hybridized carbons (Fsp3) is 0.467. The zero-order valence-corrected chi connectivity index (χ0v) is 13.9. The maximum Gasteiger partial charge on any atom is 0.336 e. The fourth-order valence-electron chi connectivity index (χ4n) is 1.92. The Morgan fingerprint density at radius 3 is 2.52 bits per heavy atom. The van der Waals surface area contributed by atoms with E-state index in [-0.39, 0.29) is 17.6 Å². The Kier molecular flexibility index (Phi) is 6.08.